The first-order chi connectivity index (χ1) is 18.9. The van der Waals surface area contributed by atoms with Crippen molar-refractivity contribution >= 4 is 50.7 Å². The predicted molar refractivity (Wildman–Crippen MR) is 157 cm³/mol. The van der Waals surface area contributed by atoms with Gasteiger partial charge in [-0.3, -0.25) is 13.9 Å². The molecule has 11 heteroatoms. The van der Waals surface area contributed by atoms with Crippen LogP contribution in [0.5, 0.6) is 0 Å². The van der Waals surface area contributed by atoms with Crippen molar-refractivity contribution in [1.29, 1.82) is 0 Å². The molecule has 0 heterocycles. The van der Waals surface area contributed by atoms with Gasteiger partial charge in [0, 0.05) is 19.5 Å². The number of halogens is 3. The number of carbonyl (C=O) groups excluding carboxylic acids is 2. The summed E-state index contributed by atoms with van der Waals surface area (Å²) in [5.74, 6) is -1.74. The molecular weight excluding hydrogens is 576 g/mol. The Labute approximate surface area is 244 Å². The molecule has 0 saturated carbocycles. The van der Waals surface area contributed by atoms with Gasteiger partial charge in [0.2, 0.25) is 21.8 Å². The Kier molecular flexibility index (Phi) is 11.0. The molecule has 3 aromatic carbocycles. The Morgan fingerprint density at radius 3 is 2.17 bits per heavy atom. The topological polar surface area (TPSA) is 86.8 Å². The summed E-state index contributed by atoms with van der Waals surface area (Å²) >= 11 is 12.3. The van der Waals surface area contributed by atoms with Gasteiger partial charge in [0.25, 0.3) is 0 Å². The highest BCUT2D eigenvalue weighted by molar-refractivity contribution is 7.92. The summed E-state index contributed by atoms with van der Waals surface area (Å²) in [6.07, 6.45) is 1.06. The van der Waals surface area contributed by atoms with Crippen LogP contribution in [0.25, 0.3) is 0 Å². The second-order valence-corrected chi connectivity index (χ2v) is 12.6. The number of hydrogen-bond acceptors (Lipinski definition) is 4. The summed E-state index contributed by atoms with van der Waals surface area (Å²) in [4.78, 5) is 28.9. The minimum atomic E-state index is -4.07. The van der Waals surface area contributed by atoms with E-state index in [4.69, 9.17) is 23.2 Å². The number of sulfonamides is 1. The van der Waals surface area contributed by atoms with E-state index in [0.29, 0.717) is 21.4 Å². The van der Waals surface area contributed by atoms with Gasteiger partial charge < -0.3 is 10.2 Å². The summed E-state index contributed by atoms with van der Waals surface area (Å²) in [6, 6.07) is 18.3. The zero-order valence-electron chi connectivity index (χ0n) is 22.5. The van der Waals surface area contributed by atoms with Crippen LogP contribution in [-0.2, 0) is 32.6 Å². The van der Waals surface area contributed by atoms with Gasteiger partial charge in [-0.1, -0.05) is 85.6 Å². The monoisotopic (exact) mass is 607 g/mol. The van der Waals surface area contributed by atoms with Gasteiger partial charge in [0.1, 0.15) is 18.4 Å². The van der Waals surface area contributed by atoms with E-state index in [0.717, 1.165) is 17.9 Å². The molecule has 0 fully saturated rings. The fourth-order valence-electron chi connectivity index (χ4n) is 4.06. The quantitative estimate of drug-likeness (QED) is 0.302. The third-order valence-electron chi connectivity index (χ3n) is 6.09. The largest absolute Gasteiger partial charge is 0.354 e. The highest BCUT2D eigenvalue weighted by Gasteiger charge is 2.33. The van der Waals surface area contributed by atoms with E-state index in [9.17, 15) is 22.4 Å². The average molecular weight is 609 g/mol. The number of anilines is 1. The first kappa shape index (κ1) is 31.4. The Bertz CT molecular complexity index is 1440. The summed E-state index contributed by atoms with van der Waals surface area (Å²) < 4.78 is 40.8. The third-order valence-corrected chi connectivity index (χ3v) is 7.96. The molecular formula is C29H32Cl2FN3O4S. The van der Waals surface area contributed by atoms with Gasteiger partial charge in [-0.15, -0.1) is 0 Å². The molecule has 3 aromatic rings. The lowest BCUT2D eigenvalue weighted by molar-refractivity contribution is -0.140. The van der Waals surface area contributed by atoms with Crippen molar-refractivity contribution in [2.45, 2.75) is 32.9 Å². The highest BCUT2D eigenvalue weighted by atomic mass is 35.5. The maximum atomic E-state index is 14.7. The van der Waals surface area contributed by atoms with E-state index in [2.05, 4.69) is 5.32 Å². The smallest absolute Gasteiger partial charge is 0.244 e. The fourth-order valence-corrected chi connectivity index (χ4v) is 5.23. The summed E-state index contributed by atoms with van der Waals surface area (Å²) in [5, 5.41) is 3.48. The third kappa shape index (κ3) is 8.68. The number of nitrogens with one attached hydrogen (secondary N) is 1. The molecule has 0 unspecified atom stereocenters. The molecule has 3 rings (SSSR count). The molecule has 1 atom stereocenters. The molecule has 40 heavy (non-hydrogen) atoms. The molecule has 0 radical (unpaired) electrons. The van der Waals surface area contributed by atoms with Crippen molar-refractivity contribution in [1.82, 2.24) is 10.2 Å². The van der Waals surface area contributed by atoms with Crippen LogP contribution in [0.1, 0.15) is 25.0 Å². The van der Waals surface area contributed by atoms with Gasteiger partial charge in [0.05, 0.1) is 22.0 Å². The van der Waals surface area contributed by atoms with Crippen LogP contribution in [0.3, 0.4) is 0 Å². The Balaban J connectivity index is 2.07. The number of rotatable bonds is 12. The Hall–Kier alpha value is -3.14. The zero-order chi connectivity index (χ0) is 29.4. The number of para-hydroxylation sites is 1. The van der Waals surface area contributed by atoms with Crippen molar-refractivity contribution in [2.75, 3.05) is 23.7 Å². The molecule has 7 nitrogen and oxygen atoms in total. The van der Waals surface area contributed by atoms with Crippen molar-refractivity contribution in [3.63, 3.8) is 0 Å². The van der Waals surface area contributed by atoms with Crippen molar-refractivity contribution in [3.8, 4) is 0 Å². The molecule has 0 spiro atoms. The lowest BCUT2D eigenvalue weighted by Gasteiger charge is -2.33. The summed E-state index contributed by atoms with van der Waals surface area (Å²) in [6.45, 7) is 3.48. The predicted octanol–water partition coefficient (Wildman–Crippen LogP) is 5.31. The average Bonchev–Trinajstić information content (AvgIpc) is 2.90. The van der Waals surface area contributed by atoms with Crippen molar-refractivity contribution < 1.29 is 22.4 Å². The second kappa shape index (κ2) is 14.0. The molecule has 0 aliphatic heterocycles. The summed E-state index contributed by atoms with van der Waals surface area (Å²) in [7, 11) is -4.07. The van der Waals surface area contributed by atoms with Gasteiger partial charge in [-0.05, 0) is 41.3 Å². The molecule has 1 N–H and O–H groups in total. The summed E-state index contributed by atoms with van der Waals surface area (Å²) in [5.41, 5.74) is 1.11. The number of nitrogens with zero attached hydrogens (tertiary/aromatic N) is 2. The standard InChI is InChI=1S/C29H32Cl2FN3O4S/c1-20(2)17-33-29(37)27(16-21-9-5-4-6-10-21)34(18-22-13-14-23(30)24(31)15-22)28(36)19-35(40(3,38)39)26-12-8-7-11-25(26)32/h4-15,20,27H,16-19H2,1-3H3,(H,33,37)/t27-/m1/s1. The first-order valence-corrected chi connectivity index (χ1v) is 15.2. The van der Waals surface area contributed by atoms with Crippen LogP contribution in [-0.4, -0.2) is 50.5 Å². The van der Waals surface area contributed by atoms with E-state index in [-0.39, 0.29) is 29.6 Å². The van der Waals surface area contributed by atoms with Gasteiger partial charge in [-0.25, -0.2) is 12.8 Å². The van der Waals surface area contributed by atoms with Gasteiger partial charge in [0.15, 0.2) is 0 Å². The van der Waals surface area contributed by atoms with Gasteiger partial charge in [-0.2, -0.15) is 0 Å². The van der Waals surface area contributed by atoms with Crippen LogP contribution in [0, 0.1) is 11.7 Å². The zero-order valence-corrected chi connectivity index (χ0v) is 24.8. The van der Waals surface area contributed by atoms with E-state index in [1.165, 1.54) is 23.1 Å². The van der Waals surface area contributed by atoms with E-state index in [1.807, 2.05) is 44.2 Å². The minimum absolute atomic E-state index is 0.0722. The molecule has 2 amide bonds. The Morgan fingerprint density at radius 2 is 1.57 bits per heavy atom. The van der Waals surface area contributed by atoms with E-state index < -0.39 is 40.2 Å². The van der Waals surface area contributed by atoms with Crippen molar-refractivity contribution in [2.24, 2.45) is 5.92 Å². The number of carbonyl (C=O) groups is 2. The molecule has 0 aliphatic rings. The van der Waals surface area contributed by atoms with Crippen LogP contribution in [0.15, 0.2) is 72.8 Å². The first-order valence-electron chi connectivity index (χ1n) is 12.6. The number of benzene rings is 3. The maximum absolute atomic E-state index is 14.7. The number of hydrogen-bond donors (Lipinski definition) is 1. The molecule has 0 saturated heterocycles. The lowest BCUT2D eigenvalue weighted by Crippen LogP contribution is -2.53. The Morgan fingerprint density at radius 1 is 0.925 bits per heavy atom. The van der Waals surface area contributed by atoms with Crippen molar-refractivity contribution in [3.05, 3.63) is 99.8 Å². The van der Waals surface area contributed by atoms with Crippen LogP contribution in [0.2, 0.25) is 10.0 Å². The van der Waals surface area contributed by atoms with Gasteiger partial charge >= 0.3 is 0 Å². The maximum Gasteiger partial charge on any atom is 0.244 e. The molecule has 0 aromatic heterocycles. The van der Waals surface area contributed by atoms with E-state index >= 15 is 0 Å². The van der Waals surface area contributed by atoms with Crippen LogP contribution in [0.4, 0.5) is 10.1 Å². The number of amides is 2. The fraction of sp³-hybridized carbons (Fsp3) is 0.310. The minimum Gasteiger partial charge on any atom is -0.354 e. The molecule has 0 bridgehead atoms. The normalized spacial score (nSPS) is 12.2. The highest BCUT2D eigenvalue weighted by Crippen LogP contribution is 2.26. The van der Waals surface area contributed by atoms with E-state index in [1.54, 1.807) is 18.2 Å². The second-order valence-electron chi connectivity index (χ2n) is 9.84. The lowest BCUT2D eigenvalue weighted by atomic mass is 10.0. The SMILES string of the molecule is CC(C)CNC(=O)[C@@H](Cc1ccccc1)N(Cc1ccc(Cl)c(Cl)c1)C(=O)CN(c1ccccc1F)S(C)(=O)=O. The molecule has 0 aliphatic carbocycles. The molecule has 214 valence electrons. The van der Waals surface area contributed by atoms with Crippen LogP contribution >= 0.6 is 23.2 Å². The van der Waals surface area contributed by atoms with Crippen LogP contribution < -0.4 is 9.62 Å².